The van der Waals surface area contributed by atoms with Gasteiger partial charge in [0.25, 0.3) is 0 Å². The fraction of sp³-hybridized carbons (Fsp3) is 0.561. The monoisotopic (exact) mass is 1200 g/mol. The van der Waals surface area contributed by atoms with Gasteiger partial charge in [0.05, 0.1) is 18.8 Å². The number of amides is 1. The third kappa shape index (κ3) is 33.2. The SMILES string of the molecule is CC(C)(C)OC(=O)CCCC(=O)CCc1ccc2occc2c1.CC(C)(C)OC(=O)CCCC(=O)O.CC(C)CBr.CC(C)CN(CCCN(CC(C)C)C(=O)OC(C)(C)C)Cc1ccc2occc2c1.NCc1ccc2occc2c1. The highest BCUT2D eigenvalue weighted by atomic mass is 79.9. The van der Waals surface area contributed by atoms with E-state index in [4.69, 9.17) is 38.3 Å². The van der Waals surface area contributed by atoms with Crippen molar-refractivity contribution in [3.63, 3.8) is 0 Å². The van der Waals surface area contributed by atoms with Crippen LogP contribution in [0.2, 0.25) is 0 Å². The quantitative estimate of drug-likeness (QED) is 0.0348. The van der Waals surface area contributed by atoms with Crippen LogP contribution >= 0.6 is 15.9 Å². The first-order valence-corrected chi connectivity index (χ1v) is 30.0. The number of fused-ring (bicyclic) bond motifs is 3. The minimum absolute atomic E-state index is 0.0131. The summed E-state index contributed by atoms with van der Waals surface area (Å²) in [5, 5.41) is 12.7. The Morgan fingerprint density at radius 3 is 1.39 bits per heavy atom. The number of esters is 2. The number of aryl methyl sites for hydroxylation is 1. The number of carbonyl (C=O) groups excluding carboxylic acids is 4. The Labute approximate surface area is 497 Å². The van der Waals surface area contributed by atoms with Crippen LogP contribution in [0.25, 0.3) is 32.9 Å². The van der Waals surface area contributed by atoms with E-state index in [0.29, 0.717) is 63.5 Å². The van der Waals surface area contributed by atoms with Gasteiger partial charge in [-0.25, -0.2) is 4.79 Å². The third-order valence-corrected chi connectivity index (χ3v) is 12.7. The lowest BCUT2D eigenvalue weighted by Gasteiger charge is -2.30. The second-order valence-corrected chi connectivity index (χ2v) is 25.4. The van der Waals surface area contributed by atoms with Crippen molar-refractivity contribution in [1.82, 2.24) is 9.80 Å². The fourth-order valence-corrected chi connectivity index (χ4v) is 7.96. The number of aliphatic carboxylic acids is 1. The highest BCUT2D eigenvalue weighted by Gasteiger charge is 2.23. The molecule has 0 aliphatic rings. The summed E-state index contributed by atoms with van der Waals surface area (Å²) in [6.07, 6.45) is 8.80. The van der Waals surface area contributed by atoms with Gasteiger partial charge in [0.2, 0.25) is 0 Å². The molecule has 456 valence electrons. The van der Waals surface area contributed by atoms with Gasteiger partial charge in [-0.3, -0.25) is 24.1 Å². The highest BCUT2D eigenvalue weighted by Crippen LogP contribution is 2.22. The van der Waals surface area contributed by atoms with E-state index in [1.54, 1.807) is 39.6 Å². The van der Waals surface area contributed by atoms with Gasteiger partial charge in [-0.15, -0.1) is 0 Å². The smallest absolute Gasteiger partial charge is 0.410 e. The molecule has 15 nitrogen and oxygen atoms in total. The maximum Gasteiger partial charge on any atom is 0.410 e. The molecule has 0 atom stereocenters. The number of carbonyl (C=O) groups is 5. The summed E-state index contributed by atoms with van der Waals surface area (Å²) in [6, 6.07) is 24.2. The van der Waals surface area contributed by atoms with Crippen LogP contribution in [-0.4, -0.2) is 93.0 Å². The third-order valence-electron chi connectivity index (χ3n) is 11.4. The van der Waals surface area contributed by atoms with Gasteiger partial charge in [0.1, 0.15) is 39.3 Å². The highest BCUT2D eigenvalue weighted by molar-refractivity contribution is 9.09. The number of halogens is 1. The van der Waals surface area contributed by atoms with Crippen LogP contribution < -0.4 is 5.73 Å². The Hall–Kier alpha value is -5.97. The average molecular weight is 1210 g/mol. The number of carboxylic acid groups (broad SMARTS) is 1. The van der Waals surface area contributed by atoms with Crippen molar-refractivity contribution >= 4 is 78.6 Å². The number of benzene rings is 3. The van der Waals surface area contributed by atoms with E-state index < -0.39 is 22.8 Å². The number of nitrogens with two attached hydrogens (primary N) is 1. The van der Waals surface area contributed by atoms with Crippen LogP contribution in [0, 0.1) is 17.8 Å². The van der Waals surface area contributed by atoms with E-state index in [0.717, 1.165) is 87.9 Å². The zero-order valence-electron chi connectivity index (χ0n) is 52.0. The van der Waals surface area contributed by atoms with Crippen molar-refractivity contribution in [3.05, 3.63) is 108 Å². The van der Waals surface area contributed by atoms with Gasteiger partial charge >= 0.3 is 24.0 Å². The van der Waals surface area contributed by atoms with Crippen molar-refractivity contribution in [1.29, 1.82) is 0 Å². The number of ether oxygens (including phenoxy) is 3. The van der Waals surface area contributed by atoms with E-state index in [-0.39, 0.29) is 36.7 Å². The van der Waals surface area contributed by atoms with E-state index in [1.807, 2.05) is 107 Å². The molecule has 0 saturated heterocycles. The number of furan rings is 3. The second kappa shape index (κ2) is 36.6. The molecule has 3 heterocycles. The summed E-state index contributed by atoms with van der Waals surface area (Å²) >= 11 is 3.31. The number of Topliss-reactive ketones (excluding diaryl/α,β-unsaturated/α-hetero) is 1. The number of nitrogens with zero attached hydrogens (tertiary/aromatic N) is 2. The topological polar surface area (TPSA) is 205 Å². The Morgan fingerprint density at radius 2 is 0.963 bits per heavy atom. The Bertz CT molecular complexity index is 2800. The van der Waals surface area contributed by atoms with Gasteiger partial charge in [-0.05, 0) is 177 Å². The maximum atomic E-state index is 12.6. The summed E-state index contributed by atoms with van der Waals surface area (Å²) in [6.45, 7) is 34.6. The molecule has 1 amide bonds. The summed E-state index contributed by atoms with van der Waals surface area (Å²) in [5.41, 5.74) is 10.3. The van der Waals surface area contributed by atoms with Crippen LogP contribution in [0.4, 0.5) is 4.79 Å². The molecule has 0 unspecified atom stereocenters. The first kappa shape index (κ1) is 72.1. The summed E-state index contributed by atoms with van der Waals surface area (Å²) in [7, 11) is 0. The fourth-order valence-electron chi connectivity index (χ4n) is 7.96. The van der Waals surface area contributed by atoms with E-state index in [2.05, 4.69) is 74.5 Å². The molecule has 0 spiro atoms. The van der Waals surface area contributed by atoms with Gasteiger partial charge < -0.3 is 43.2 Å². The number of hydrogen-bond donors (Lipinski definition) is 2. The molecule has 16 heteroatoms. The first-order chi connectivity index (χ1) is 38.3. The Balaban J connectivity index is 0.000000387. The molecular weight excluding hydrogens is 1110 g/mol. The molecule has 3 N–H and O–H groups in total. The minimum atomic E-state index is -0.886. The van der Waals surface area contributed by atoms with Crippen molar-refractivity contribution in [2.45, 2.75) is 192 Å². The molecule has 6 rings (SSSR count). The van der Waals surface area contributed by atoms with Crippen LogP contribution in [0.3, 0.4) is 0 Å². The maximum absolute atomic E-state index is 12.6. The molecule has 0 aliphatic heterocycles. The molecule has 3 aromatic carbocycles. The number of alkyl halides is 1. The van der Waals surface area contributed by atoms with Crippen molar-refractivity contribution in [2.75, 3.05) is 31.5 Å². The lowest BCUT2D eigenvalue weighted by Crippen LogP contribution is -2.40. The van der Waals surface area contributed by atoms with Gasteiger partial charge in [0, 0.05) is 92.9 Å². The average Bonchev–Trinajstić information content (AvgIpc) is 4.19. The standard InChI is InChI=1S/C25H40N2O3.C19H24O4.C9H9NO.C9H16O4.C4H9Br/c1-19(2)16-26(18-21-9-10-23-22(15-21)11-14-29-23)12-8-13-27(17-20(3)4)24(28)30-25(5,6)7;1-19(2,3)23-18(21)6-4-5-16(20)9-7-14-8-10-17-15(13-14)11-12-22-17;10-6-7-1-2-9-8(5-7)3-4-11-9;1-9(2,3)13-8(12)6-4-5-7(10)11;1-4(2)3-5/h9-11,14-15,19-20H,8,12-13,16-18H2,1-7H3;8,10-13H,4-7,9H2,1-3H3;1-5H,6,10H2;4-6H2,1-3H3,(H,10,11);4H,3H2,1-2H3. The predicted molar refractivity (Wildman–Crippen MR) is 333 cm³/mol. The van der Waals surface area contributed by atoms with Crippen LogP contribution in [0.5, 0.6) is 0 Å². The number of rotatable bonds is 23. The molecule has 0 bridgehead atoms. The minimum Gasteiger partial charge on any atom is -0.481 e. The van der Waals surface area contributed by atoms with E-state index in [9.17, 15) is 24.0 Å². The predicted octanol–water partition coefficient (Wildman–Crippen LogP) is 16.1. The van der Waals surface area contributed by atoms with Crippen LogP contribution in [-0.2, 0) is 52.9 Å². The zero-order chi connectivity index (χ0) is 61.6. The lowest BCUT2D eigenvalue weighted by molar-refractivity contribution is -0.156. The second-order valence-electron chi connectivity index (χ2n) is 24.7. The van der Waals surface area contributed by atoms with Crippen LogP contribution in [0.15, 0.2) is 105 Å². The number of ketones is 1. The van der Waals surface area contributed by atoms with Crippen LogP contribution in [0.1, 0.15) is 172 Å². The van der Waals surface area contributed by atoms with Crippen molar-refractivity contribution in [3.8, 4) is 0 Å². The molecular formula is C66H98BrN3O12. The Morgan fingerprint density at radius 1 is 0.537 bits per heavy atom. The van der Waals surface area contributed by atoms with Gasteiger partial charge in [-0.1, -0.05) is 75.7 Å². The van der Waals surface area contributed by atoms with Crippen molar-refractivity contribution in [2.24, 2.45) is 23.5 Å². The largest absolute Gasteiger partial charge is 0.481 e. The van der Waals surface area contributed by atoms with Gasteiger partial charge in [-0.2, -0.15) is 0 Å². The normalized spacial score (nSPS) is 11.5. The summed E-state index contributed by atoms with van der Waals surface area (Å²) in [4.78, 5) is 61.6. The zero-order valence-corrected chi connectivity index (χ0v) is 53.6. The summed E-state index contributed by atoms with van der Waals surface area (Å²) in [5.74, 6) is 0.509. The Kier molecular flexibility index (Phi) is 32.2. The molecule has 3 aromatic heterocycles. The molecule has 6 aromatic rings. The molecule has 0 radical (unpaired) electrons. The lowest BCUT2D eigenvalue weighted by atomic mass is 10.0. The first-order valence-electron chi connectivity index (χ1n) is 28.9. The van der Waals surface area contributed by atoms with Crippen molar-refractivity contribution < 1.29 is 56.5 Å². The number of hydrogen-bond acceptors (Lipinski definition) is 13. The number of carboxylic acids is 1. The van der Waals surface area contributed by atoms with E-state index >= 15 is 0 Å². The van der Waals surface area contributed by atoms with E-state index in [1.165, 1.54) is 5.56 Å². The molecule has 0 saturated carbocycles. The summed E-state index contributed by atoms with van der Waals surface area (Å²) < 4.78 is 31.8. The van der Waals surface area contributed by atoms with Gasteiger partial charge in [0.15, 0.2) is 0 Å². The molecule has 0 aliphatic carbocycles. The molecule has 82 heavy (non-hydrogen) atoms. The molecule has 0 fully saturated rings.